The molecule has 1 unspecified atom stereocenters. The van der Waals surface area contributed by atoms with Crippen LogP contribution in [0.4, 0.5) is 0 Å². The van der Waals surface area contributed by atoms with E-state index >= 15 is 0 Å². The summed E-state index contributed by atoms with van der Waals surface area (Å²) in [7, 11) is 0. The zero-order chi connectivity index (χ0) is 13.8. The van der Waals surface area contributed by atoms with E-state index in [1.807, 2.05) is 19.1 Å². The van der Waals surface area contributed by atoms with E-state index in [0.29, 0.717) is 6.04 Å². The molecule has 0 aliphatic carbocycles. The minimum Gasteiger partial charge on any atom is -0.309 e. The van der Waals surface area contributed by atoms with Gasteiger partial charge in [-0.2, -0.15) is 0 Å². The topological polar surface area (TPSA) is 12.0 Å². The van der Waals surface area contributed by atoms with Gasteiger partial charge in [-0.15, -0.1) is 11.3 Å². The molecule has 4 heteroatoms. The van der Waals surface area contributed by atoms with Gasteiger partial charge in [-0.3, -0.25) is 0 Å². The average molecular weight is 314 g/mol. The Labute approximate surface area is 128 Å². The summed E-state index contributed by atoms with van der Waals surface area (Å²) >= 11 is 13.8. The third-order valence-electron chi connectivity index (χ3n) is 3.02. The van der Waals surface area contributed by atoms with Gasteiger partial charge < -0.3 is 5.32 Å². The molecular weight excluding hydrogens is 297 g/mol. The largest absolute Gasteiger partial charge is 0.309 e. The third-order valence-corrected chi connectivity index (χ3v) is 4.94. The second-order valence-corrected chi connectivity index (χ2v) is 6.67. The fourth-order valence-electron chi connectivity index (χ4n) is 2.03. The van der Waals surface area contributed by atoms with Crippen molar-refractivity contribution < 1.29 is 0 Å². The van der Waals surface area contributed by atoms with Gasteiger partial charge in [0.15, 0.2) is 0 Å². The summed E-state index contributed by atoms with van der Waals surface area (Å²) in [6.45, 7) is 5.11. The maximum atomic E-state index is 6.17. The lowest BCUT2D eigenvalue weighted by molar-refractivity contribution is 0.558. The van der Waals surface area contributed by atoms with Gasteiger partial charge in [0.2, 0.25) is 0 Å². The first kappa shape index (κ1) is 14.9. The van der Waals surface area contributed by atoms with Gasteiger partial charge in [-0.1, -0.05) is 42.3 Å². The molecule has 0 fully saturated rings. The van der Waals surface area contributed by atoms with Gasteiger partial charge in [-0.25, -0.2) is 0 Å². The molecule has 19 heavy (non-hydrogen) atoms. The molecule has 1 heterocycles. The number of thiophene rings is 1. The van der Waals surface area contributed by atoms with Crippen LogP contribution in [0.5, 0.6) is 0 Å². The first-order valence-corrected chi connectivity index (χ1v) is 7.91. The molecule has 102 valence electrons. The molecule has 1 N–H and O–H groups in total. The molecule has 0 aliphatic heterocycles. The SMILES string of the molecule is CCNC(Cc1ccc(Cl)cc1)c1cc(C)c(Cl)s1. The molecule has 0 saturated carbocycles. The predicted molar refractivity (Wildman–Crippen MR) is 85.6 cm³/mol. The first-order chi connectivity index (χ1) is 9.10. The zero-order valence-electron chi connectivity index (χ0n) is 11.0. The van der Waals surface area contributed by atoms with Crippen LogP contribution in [0, 0.1) is 6.92 Å². The second kappa shape index (κ2) is 6.76. The third kappa shape index (κ3) is 3.96. The fraction of sp³-hybridized carbons (Fsp3) is 0.333. The van der Waals surface area contributed by atoms with Crippen LogP contribution >= 0.6 is 34.5 Å². The maximum Gasteiger partial charge on any atom is 0.0960 e. The summed E-state index contributed by atoms with van der Waals surface area (Å²) in [5, 5.41) is 4.30. The highest BCUT2D eigenvalue weighted by Crippen LogP contribution is 2.32. The smallest absolute Gasteiger partial charge is 0.0960 e. The molecule has 0 spiro atoms. The molecule has 2 rings (SSSR count). The molecular formula is C15H17Cl2NS. The number of rotatable bonds is 5. The van der Waals surface area contributed by atoms with Gasteiger partial charge in [0.05, 0.1) is 4.34 Å². The average Bonchev–Trinajstić information content (AvgIpc) is 2.72. The second-order valence-electron chi connectivity index (χ2n) is 4.55. The van der Waals surface area contributed by atoms with Crippen LogP contribution in [0.15, 0.2) is 30.3 Å². The van der Waals surface area contributed by atoms with Crippen molar-refractivity contribution in [2.75, 3.05) is 6.54 Å². The highest BCUT2D eigenvalue weighted by atomic mass is 35.5. The van der Waals surface area contributed by atoms with Crippen molar-refractivity contribution in [1.82, 2.24) is 5.32 Å². The van der Waals surface area contributed by atoms with Crippen LogP contribution < -0.4 is 5.32 Å². The lowest BCUT2D eigenvalue weighted by Crippen LogP contribution is -2.22. The Morgan fingerprint density at radius 3 is 2.42 bits per heavy atom. The molecule has 0 amide bonds. The summed E-state index contributed by atoms with van der Waals surface area (Å²) in [6.07, 6.45) is 0.946. The molecule has 0 saturated heterocycles. The highest BCUT2D eigenvalue weighted by molar-refractivity contribution is 7.16. The monoisotopic (exact) mass is 313 g/mol. The fourth-order valence-corrected chi connectivity index (χ4v) is 3.45. The summed E-state index contributed by atoms with van der Waals surface area (Å²) < 4.78 is 0.883. The Morgan fingerprint density at radius 2 is 1.89 bits per heavy atom. The van der Waals surface area contributed by atoms with Crippen LogP contribution in [-0.4, -0.2) is 6.54 Å². The van der Waals surface area contributed by atoms with Gasteiger partial charge in [0.1, 0.15) is 0 Å². The van der Waals surface area contributed by atoms with E-state index in [1.54, 1.807) is 11.3 Å². The van der Waals surface area contributed by atoms with Crippen LogP contribution in [0.25, 0.3) is 0 Å². The van der Waals surface area contributed by atoms with Crippen LogP contribution in [0.3, 0.4) is 0 Å². The molecule has 1 nitrogen and oxygen atoms in total. The number of hydrogen-bond acceptors (Lipinski definition) is 2. The standard InChI is InChI=1S/C15H17Cl2NS/c1-3-18-13(14-8-10(2)15(17)19-14)9-11-4-6-12(16)7-5-11/h4-8,13,18H,3,9H2,1-2H3. The Kier molecular flexibility index (Phi) is 5.28. The quantitative estimate of drug-likeness (QED) is 0.794. The molecule has 0 aliphatic rings. The normalized spacial score (nSPS) is 12.6. The molecule has 0 radical (unpaired) electrons. The van der Waals surface area contributed by atoms with Crippen molar-refractivity contribution in [3.63, 3.8) is 0 Å². The first-order valence-electron chi connectivity index (χ1n) is 6.33. The van der Waals surface area contributed by atoms with E-state index in [9.17, 15) is 0 Å². The minimum absolute atomic E-state index is 0.308. The Hall–Kier alpha value is -0.540. The van der Waals surface area contributed by atoms with E-state index in [1.165, 1.54) is 10.4 Å². The Balaban J connectivity index is 2.18. The van der Waals surface area contributed by atoms with E-state index in [0.717, 1.165) is 27.9 Å². The molecule has 0 bridgehead atoms. The van der Waals surface area contributed by atoms with E-state index in [-0.39, 0.29) is 0 Å². The summed E-state index contributed by atoms with van der Waals surface area (Å²) in [4.78, 5) is 1.29. The van der Waals surface area contributed by atoms with Gasteiger partial charge >= 0.3 is 0 Å². The lowest BCUT2D eigenvalue weighted by Gasteiger charge is -2.16. The van der Waals surface area contributed by atoms with E-state index in [2.05, 4.69) is 30.4 Å². The van der Waals surface area contributed by atoms with Crippen LogP contribution in [-0.2, 0) is 6.42 Å². The molecule has 1 aromatic carbocycles. The number of hydrogen-bond donors (Lipinski definition) is 1. The number of halogens is 2. The van der Waals surface area contributed by atoms with Crippen molar-refractivity contribution in [2.24, 2.45) is 0 Å². The predicted octanol–water partition coefficient (Wildman–Crippen LogP) is 5.26. The number of nitrogens with one attached hydrogen (secondary N) is 1. The molecule has 1 aromatic heterocycles. The number of benzene rings is 1. The summed E-state index contributed by atoms with van der Waals surface area (Å²) in [6, 6.07) is 10.5. The van der Waals surface area contributed by atoms with Crippen LogP contribution in [0.2, 0.25) is 9.36 Å². The van der Waals surface area contributed by atoms with Gasteiger partial charge in [0.25, 0.3) is 0 Å². The van der Waals surface area contributed by atoms with Gasteiger partial charge in [0, 0.05) is 15.9 Å². The Morgan fingerprint density at radius 1 is 1.21 bits per heavy atom. The van der Waals surface area contributed by atoms with Crippen molar-refractivity contribution >= 4 is 34.5 Å². The summed E-state index contributed by atoms with van der Waals surface area (Å²) in [5.41, 5.74) is 2.43. The van der Waals surface area contributed by atoms with Crippen molar-refractivity contribution in [3.8, 4) is 0 Å². The maximum absolute atomic E-state index is 6.17. The zero-order valence-corrected chi connectivity index (χ0v) is 13.4. The molecule has 1 atom stereocenters. The van der Waals surface area contributed by atoms with Crippen molar-refractivity contribution in [1.29, 1.82) is 0 Å². The number of likely N-dealkylation sites (N-methyl/N-ethyl adjacent to an activating group) is 1. The van der Waals surface area contributed by atoms with Crippen molar-refractivity contribution in [3.05, 3.63) is 55.7 Å². The lowest BCUT2D eigenvalue weighted by atomic mass is 10.0. The van der Waals surface area contributed by atoms with Gasteiger partial charge in [-0.05, 0) is 49.2 Å². The van der Waals surface area contributed by atoms with E-state index < -0.39 is 0 Å². The number of aryl methyl sites for hydroxylation is 1. The van der Waals surface area contributed by atoms with Crippen LogP contribution in [0.1, 0.15) is 29.0 Å². The molecule has 2 aromatic rings. The highest BCUT2D eigenvalue weighted by Gasteiger charge is 2.15. The summed E-state index contributed by atoms with van der Waals surface area (Å²) in [5.74, 6) is 0. The van der Waals surface area contributed by atoms with E-state index in [4.69, 9.17) is 23.2 Å². The van der Waals surface area contributed by atoms with Crippen molar-refractivity contribution in [2.45, 2.75) is 26.3 Å². The minimum atomic E-state index is 0.308. The Bertz CT molecular complexity index is 514.